The van der Waals surface area contributed by atoms with Gasteiger partial charge < -0.3 is 15.2 Å². The summed E-state index contributed by atoms with van der Waals surface area (Å²) in [5.74, 6) is -0.322. The lowest BCUT2D eigenvalue weighted by Crippen LogP contribution is -2.26. The van der Waals surface area contributed by atoms with Gasteiger partial charge in [0.1, 0.15) is 6.61 Å². The molecular weight excluding hydrogens is 242 g/mol. The van der Waals surface area contributed by atoms with Gasteiger partial charge in [0.15, 0.2) is 0 Å². The largest absolute Gasteiger partial charge is 0.461 e. The second-order valence-electron chi connectivity index (χ2n) is 3.58. The third kappa shape index (κ3) is 5.17. The molecular formula is C12H16ClNO3. The number of halogens is 1. The van der Waals surface area contributed by atoms with E-state index in [9.17, 15) is 4.79 Å². The van der Waals surface area contributed by atoms with E-state index in [0.717, 1.165) is 5.56 Å². The molecule has 0 saturated carbocycles. The van der Waals surface area contributed by atoms with Gasteiger partial charge in [-0.05, 0) is 17.7 Å². The van der Waals surface area contributed by atoms with Crippen LogP contribution in [0.1, 0.15) is 12.0 Å². The average Bonchev–Trinajstić information content (AvgIpc) is 2.35. The van der Waals surface area contributed by atoms with Crippen molar-refractivity contribution in [2.75, 3.05) is 13.7 Å². The molecule has 1 rings (SSSR count). The average molecular weight is 258 g/mol. The van der Waals surface area contributed by atoms with Crippen LogP contribution in [0.5, 0.6) is 0 Å². The Bertz CT molecular complexity index is 349. The summed E-state index contributed by atoms with van der Waals surface area (Å²) in [5, 5.41) is 0.655. The number of hydrogen-bond acceptors (Lipinski definition) is 4. The van der Waals surface area contributed by atoms with E-state index in [1.807, 2.05) is 12.1 Å². The number of ether oxygens (including phenoxy) is 2. The normalized spacial score (nSPS) is 12.2. The molecule has 4 nitrogen and oxygen atoms in total. The summed E-state index contributed by atoms with van der Waals surface area (Å²) in [7, 11) is 1.52. The van der Waals surface area contributed by atoms with Crippen molar-refractivity contribution >= 4 is 17.6 Å². The third-order valence-electron chi connectivity index (χ3n) is 2.30. The maximum atomic E-state index is 11.4. The molecule has 1 atom stereocenters. The van der Waals surface area contributed by atoms with Crippen LogP contribution in [0.2, 0.25) is 5.02 Å². The number of carbonyl (C=O) groups is 1. The second-order valence-corrected chi connectivity index (χ2v) is 4.02. The molecule has 2 N–H and O–H groups in total. The standard InChI is InChI=1S/C12H16ClNO3/c1-16-11(7-14)6-12(15)17-8-9-2-4-10(13)5-3-9/h2-5,11H,6-8,14H2,1H3. The zero-order valence-electron chi connectivity index (χ0n) is 9.69. The molecule has 0 aromatic heterocycles. The van der Waals surface area contributed by atoms with Gasteiger partial charge in [0.2, 0.25) is 0 Å². The minimum Gasteiger partial charge on any atom is -0.461 e. The highest BCUT2D eigenvalue weighted by molar-refractivity contribution is 6.30. The Morgan fingerprint density at radius 1 is 1.41 bits per heavy atom. The molecule has 0 aliphatic heterocycles. The molecule has 0 amide bonds. The molecule has 5 heteroatoms. The van der Waals surface area contributed by atoms with Crippen LogP contribution in [0.4, 0.5) is 0 Å². The molecule has 1 aromatic rings. The molecule has 0 radical (unpaired) electrons. The van der Waals surface area contributed by atoms with Gasteiger partial charge in [-0.2, -0.15) is 0 Å². The number of nitrogens with two attached hydrogens (primary N) is 1. The summed E-state index contributed by atoms with van der Waals surface area (Å²) >= 11 is 5.74. The van der Waals surface area contributed by atoms with Gasteiger partial charge in [-0.1, -0.05) is 23.7 Å². The predicted molar refractivity (Wildman–Crippen MR) is 65.7 cm³/mol. The molecule has 0 aliphatic carbocycles. The van der Waals surface area contributed by atoms with Crippen LogP contribution in [-0.2, 0) is 20.9 Å². The fourth-order valence-electron chi connectivity index (χ4n) is 1.25. The number of carbonyl (C=O) groups excluding carboxylic acids is 1. The van der Waals surface area contributed by atoms with Gasteiger partial charge in [-0.3, -0.25) is 4.79 Å². The van der Waals surface area contributed by atoms with Gasteiger partial charge in [-0.25, -0.2) is 0 Å². The summed E-state index contributed by atoms with van der Waals surface area (Å²) < 4.78 is 10.1. The highest BCUT2D eigenvalue weighted by Crippen LogP contribution is 2.10. The Morgan fingerprint density at radius 2 is 2.06 bits per heavy atom. The summed E-state index contributed by atoms with van der Waals surface area (Å²) in [6.07, 6.45) is -0.117. The predicted octanol–water partition coefficient (Wildman–Crippen LogP) is 1.75. The van der Waals surface area contributed by atoms with Crippen molar-refractivity contribution in [3.8, 4) is 0 Å². The third-order valence-corrected chi connectivity index (χ3v) is 2.56. The molecule has 17 heavy (non-hydrogen) atoms. The van der Waals surface area contributed by atoms with Crippen LogP contribution >= 0.6 is 11.6 Å². The Balaban J connectivity index is 2.35. The van der Waals surface area contributed by atoms with Crippen molar-refractivity contribution in [3.05, 3.63) is 34.9 Å². The Hall–Kier alpha value is -1.10. The first-order chi connectivity index (χ1) is 8.15. The first kappa shape index (κ1) is 14.0. The van der Waals surface area contributed by atoms with E-state index in [4.69, 9.17) is 26.8 Å². The van der Waals surface area contributed by atoms with Gasteiger partial charge in [0, 0.05) is 18.7 Å². The lowest BCUT2D eigenvalue weighted by molar-refractivity contribution is -0.147. The molecule has 0 aliphatic rings. The maximum Gasteiger partial charge on any atom is 0.308 e. The van der Waals surface area contributed by atoms with Crippen molar-refractivity contribution in [3.63, 3.8) is 0 Å². The fraction of sp³-hybridized carbons (Fsp3) is 0.417. The number of methoxy groups -OCH3 is 1. The van der Waals surface area contributed by atoms with Crippen LogP contribution in [0.3, 0.4) is 0 Å². The van der Waals surface area contributed by atoms with E-state index < -0.39 is 0 Å². The molecule has 0 fully saturated rings. The molecule has 0 spiro atoms. The Labute approximate surface area is 106 Å². The van der Waals surface area contributed by atoms with Gasteiger partial charge in [0.25, 0.3) is 0 Å². The SMILES string of the molecule is COC(CN)CC(=O)OCc1ccc(Cl)cc1. The van der Waals surface area contributed by atoms with Crippen molar-refractivity contribution in [1.29, 1.82) is 0 Å². The van der Waals surface area contributed by atoms with Crippen molar-refractivity contribution in [2.45, 2.75) is 19.1 Å². The summed E-state index contributed by atoms with van der Waals surface area (Å²) in [4.78, 5) is 11.4. The quantitative estimate of drug-likeness (QED) is 0.789. The molecule has 0 heterocycles. The highest BCUT2D eigenvalue weighted by Gasteiger charge is 2.12. The Morgan fingerprint density at radius 3 is 2.59 bits per heavy atom. The topological polar surface area (TPSA) is 61.5 Å². The van der Waals surface area contributed by atoms with E-state index in [0.29, 0.717) is 11.6 Å². The van der Waals surface area contributed by atoms with Crippen LogP contribution < -0.4 is 5.73 Å². The van der Waals surface area contributed by atoms with E-state index in [2.05, 4.69) is 0 Å². The first-order valence-corrected chi connectivity index (χ1v) is 5.66. The molecule has 1 unspecified atom stereocenters. The second kappa shape index (κ2) is 7.27. The number of hydrogen-bond donors (Lipinski definition) is 1. The molecule has 1 aromatic carbocycles. The minimum absolute atomic E-state index is 0.167. The Kier molecular flexibility index (Phi) is 5.97. The lowest BCUT2D eigenvalue weighted by Gasteiger charge is -2.12. The number of rotatable bonds is 6. The monoisotopic (exact) mass is 257 g/mol. The zero-order chi connectivity index (χ0) is 12.7. The van der Waals surface area contributed by atoms with Crippen LogP contribution in [0.15, 0.2) is 24.3 Å². The van der Waals surface area contributed by atoms with Crippen LogP contribution in [0.25, 0.3) is 0 Å². The van der Waals surface area contributed by atoms with Crippen molar-refractivity contribution in [2.24, 2.45) is 5.73 Å². The molecule has 0 saturated heterocycles. The van der Waals surface area contributed by atoms with Gasteiger partial charge in [0.05, 0.1) is 12.5 Å². The van der Waals surface area contributed by atoms with Crippen LogP contribution in [-0.4, -0.2) is 25.7 Å². The summed E-state index contributed by atoms with van der Waals surface area (Å²) in [6.45, 7) is 0.531. The smallest absolute Gasteiger partial charge is 0.308 e. The number of esters is 1. The fourth-order valence-corrected chi connectivity index (χ4v) is 1.38. The van der Waals surface area contributed by atoms with Crippen molar-refractivity contribution < 1.29 is 14.3 Å². The summed E-state index contributed by atoms with van der Waals surface area (Å²) in [6, 6.07) is 7.13. The van der Waals surface area contributed by atoms with E-state index in [1.54, 1.807) is 12.1 Å². The lowest BCUT2D eigenvalue weighted by atomic mass is 10.2. The molecule has 0 bridgehead atoms. The van der Waals surface area contributed by atoms with Gasteiger partial charge in [-0.15, -0.1) is 0 Å². The highest BCUT2D eigenvalue weighted by atomic mass is 35.5. The minimum atomic E-state index is -0.322. The number of benzene rings is 1. The van der Waals surface area contributed by atoms with Crippen molar-refractivity contribution in [1.82, 2.24) is 0 Å². The van der Waals surface area contributed by atoms with E-state index in [1.165, 1.54) is 7.11 Å². The zero-order valence-corrected chi connectivity index (χ0v) is 10.4. The molecule has 94 valence electrons. The van der Waals surface area contributed by atoms with Crippen LogP contribution in [0, 0.1) is 0 Å². The van der Waals surface area contributed by atoms with Gasteiger partial charge >= 0.3 is 5.97 Å². The summed E-state index contributed by atoms with van der Waals surface area (Å²) in [5.41, 5.74) is 6.30. The maximum absolute atomic E-state index is 11.4. The first-order valence-electron chi connectivity index (χ1n) is 5.28. The van der Waals surface area contributed by atoms with E-state index >= 15 is 0 Å². The van der Waals surface area contributed by atoms with E-state index in [-0.39, 0.29) is 25.1 Å².